The first kappa shape index (κ1) is 33.9. The summed E-state index contributed by atoms with van der Waals surface area (Å²) in [7, 11) is 1.62. The quantitative estimate of drug-likeness (QED) is 0.242. The van der Waals surface area contributed by atoms with Gasteiger partial charge in [-0.2, -0.15) is 0 Å². The molecule has 0 aromatic heterocycles. The fourth-order valence-corrected chi connectivity index (χ4v) is 5.81. The summed E-state index contributed by atoms with van der Waals surface area (Å²) in [5.74, 6) is -0.803. The number of hydrogen-bond donors (Lipinski definition) is 2. The van der Waals surface area contributed by atoms with Gasteiger partial charge in [0.2, 0.25) is 11.8 Å². The molecule has 0 radical (unpaired) electrons. The van der Waals surface area contributed by atoms with Crippen LogP contribution in [-0.2, 0) is 43.6 Å². The summed E-state index contributed by atoms with van der Waals surface area (Å²) in [6.07, 6.45) is 1.92. The Labute approximate surface area is 265 Å². The van der Waals surface area contributed by atoms with E-state index in [2.05, 4.69) is 22.3 Å². The number of amides is 3. The van der Waals surface area contributed by atoms with Gasteiger partial charge in [-0.15, -0.1) is 0 Å². The van der Waals surface area contributed by atoms with Gasteiger partial charge < -0.3 is 30.2 Å². The zero-order valence-corrected chi connectivity index (χ0v) is 26.8. The van der Waals surface area contributed by atoms with Crippen LogP contribution in [0.25, 0.3) is 0 Å². The number of piperidine rings is 1. The number of fused-ring (bicyclic) bond motifs is 1. The Morgan fingerprint density at radius 1 is 1.09 bits per heavy atom. The normalized spacial score (nSPS) is 17.5. The first-order valence-electron chi connectivity index (χ1n) is 15.6. The molecule has 11 heteroatoms. The van der Waals surface area contributed by atoms with Gasteiger partial charge >= 0.3 is 5.97 Å². The van der Waals surface area contributed by atoms with Gasteiger partial charge in [-0.3, -0.25) is 24.1 Å². The summed E-state index contributed by atoms with van der Waals surface area (Å²) in [6, 6.07) is 12.5. The van der Waals surface area contributed by atoms with E-state index in [1.54, 1.807) is 40.0 Å². The van der Waals surface area contributed by atoms with Gasteiger partial charge in [0.05, 0.1) is 19.1 Å². The number of ether oxygens (including phenoxy) is 3. The van der Waals surface area contributed by atoms with Crippen LogP contribution in [0.1, 0.15) is 73.5 Å². The van der Waals surface area contributed by atoms with Crippen molar-refractivity contribution >= 4 is 23.7 Å². The van der Waals surface area contributed by atoms with E-state index in [0.717, 1.165) is 43.6 Å². The van der Waals surface area contributed by atoms with Gasteiger partial charge in [-0.25, -0.2) is 0 Å². The van der Waals surface area contributed by atoms with Gasteiger partial charge in [-0.05, 0) is 69.8 Å². The zero-order valence-electron chi connectivity index (χ0n) is 26.8. The van der Waals surface area contributed by atoms with Crippen LogP contribution in [0, 0.1) is 5.92 Å². The van der Waals surface area contributed by atoms with Crippen LogP contribution >= 0.6 is 0 Å². The number of nitrogens with one attached hydrogen (secondary N) is 1. The molecule has 45 heavy (non-hydrogen) atoms. The van der Waals surface area contributed by atoms with E-state index in [-0.39, 0.29) is 37.1 Å². The molecule has 2 aromatic rings. The Kier molecular flexibility index (Phi) is 11.6. The lowest BCUT2D eigenvalue weighted by Gasteiger charge is -2.32. The fourth-order valence-electron chi connectivity index (χ4n) is 5.81. The molecule has 0 bridgehead atoms. The minimum atomic E-state index is -0.946. The van der Waals surface area contributed by atoms with Crippen molar-refractivity contribution in [3.63, 3.8) is 0 Å². The van der Waals surface area contributed by atoms with Crippen molar-refractivity contribution in [3.8, 4) is 5.75 Å². The van der Waals surface area contributed by atoms with Crippen LogP contribution in [0.5, 0.6) is 5.75 Å². The smallest absolute Gasteiger partial charge is 0.306 e. The molecule has 244 valence electrons. The number of hydrogen-bond acceptors (Lipinski definition) is 8. The standard InChI is InChI=1S/C34H46N4O7/c1-34(2,3)45-30(39)15-14-28(31(35)40)38-21-27-26(33(38)42)8-5-9-29(27)44-22-24-12-10-23(11-13-24)19-37-17-6-7-25(20-37)32(41)36-16-18-43-4/h5,8-13,25,28H,6-7,14-22H2,1-4H3,(H2,35,40)(H,36,41)/t25?,28-/m0/s1. The molecule has 0 aliphatic carbocycles. The van der Waals surface area contributed by atoms with Crippen molar-refractivity contribution in [2.75, 3.05) is 33.4 Å². The van der Waals surface area contributed by atoms with Crippen molar-refractivity contribution < 1.29 is 33.4 Å². The highest BCUT2D eigenvalue weighted by Gasteiger charge is 2.37. The largest absolute Gasteiger partial charge is 0.489 e. The number of carbonyl (C=O) groups is 4. The van der Waals surface area contributed by atoms with Gasteiger partial charge in [0.25, 0.3) is 5.91 Å². The maximum atomic E-state index is 13.3. The predicted octanol–water partition coefficient (Wildman–Crippen LogP) is 3.17. The van der Waals surface area contributed by atoms with Crippen molar-refractivity contribution in [1.82, 2.24) is 15.1 Å². The third-order valence-electron chi connectivity index (χ3n) is 8.00. The second-order valence-electron chi connectivity index (χ2n) is 12.7. The molecule has 2 heterocycles. The number of nitrogens with two attached hydrogens (primary N) is 1. The van der Waals surface area contributed by atoms with Crippen LogP contribution in [0.2, 0.25) is 0 Å². The summed E-state index contributed by atoms with van der Waals surface area (Å²) in [5.41, 5.74) is 8.30. The van der Waals surface area contributed by atoms with Crippen molar-refractivity contribution in [3.05, 3.63) is 64.7 Å². The second kappa shape index (κ2) is 15.4. The highest BCUT2D eigenvalue weighted by atomic mass is 16.6. The van der Waals surface area contributed by atoms with Crippen LogP contribution in [0.4, 0.5) is 0 Å². The first-order chi connectivity index (χ1) is 21.4. The number of carbonyl (C=O) groups excluding carboxylic acids is 4. The molecule has 1 unspecified atom stereocenters. The highest BCUT2D eigenvalue weighted by molar-refractivity contribution is 6.01. The third kappa shape index (κ3) is 9.51. The lowest BCUT2D eigenvalue weighted by atomic mass is 9.96. The van der Waals surface area contributed by atoms with Gasteiger partial charge in [0.15, 0.2) is 0 Å². The number of primary amides is 1. The topological polar surface area (TPSA) is 140 Å². The van der Waals surface area contributed by atoms with E-state index in [4.69, 9.17) is 19.9 Å². The third-order valence-corrected chi connectivity index (χ3v) is 8.00. The molecular formula is C34H46N4O7. The van der Waals surface area contributed by atoms with Crippen LogP contribution in [0.15, 0.2) is 42.5 Å². The number of esters is 1. The van der Waals surface area contributed by atoms with Crippen LogP contribution < -0.4 is 15.8 Å². The van der Waals surface area contributed by atoms with E-state index >= 15 is 0 Å². The summed E-state index contributed by atoms with van der Waals surface area (Å²) < 4.78 is 16.5. The van der Waals surface area contributed by atoms with Crippen molar-refractivity contribution in [1.29, 1.82) is 0 Å². The van der Waals surface area contributed by atoms with Crippen molar-refractivity contribution in [2.24, 2.45) is 11.7 Å². The van der Waals surface area contributed by atoms with E-state index in [1.165, 1.54) is 4.90 Å². The van der Waals surface area contributed by atoms with E-state index < -0.39 is 23.5 Å². The SMILES string of the molecule is COCCNC(=O)C1CCCN(Cc2ccc(COc3cccc4c3CN([C@@H](CCC(=O)OC(C)(C)C)C(N)=O)C4=O)cc2)C1. The van der Waals surface area contributed by atoms with Crippen LogP contribution in [-0.4, -0.2) is 78.5 Å². The van der Waals surface area contributed by atoms with Gasteiger partial charge in [0, 0.05) is 44.3 Å². The average molecular weight is 623 g/mol. The highest BCUT2D eigenvalue weighted by Crippen LogP contribution is 2.33. The van der Waals surface area contributed by atoms with Crippen molar-refractivity contribution in [2.45, 2.75) is 77.8 Å². The first-order valence-corrected chi connectivity index (χ1v) is 15.6. The monoisotopic (exact) mass is 622 g/mol. The molecule has 3 N–H and O–H groups in total. The predicted molar refractivity (Wildman–Crippen MR) is 168 cm³/mol. The zero-order chi connectivity index (χ0) is 32.6. The molecule has 3 amide bonds. The summed E-state index contributed by atoms with van der Waals surface area (Å²) >= 11 is 0. The lowest BCUT2D eigenvalue weighted by molar-refractivity contribution is -0.155. The Hall–Kier alpha value is -3.96. The molecule has 2 aliphatic heterocycles. The van der Waals surface area contributed by atoms with E-state index in [1.807, 2.05) is 18.2 Å². The number of likely N-dealkylation sites (tertiary alicyclic amines) is 1. The Morgan fingerprint density at radius 3 is 2.51 bits per heavy atom. The molecule has 2 aliphatic rings. The van der Waals surface area contributed by atoms with Crippen LogP contribution in [0.3, 0.4) is 0 Å². The number of nitrogens with zero attached hydrogens (tertiary/aromatic N) is 2. The summed E-state index contributed by atoms with van der Waals surface area (Å²) in [5, 5.41) is 2.96. The number of rotatable bonds is 14. The Bertz CT molecular complexity index is 1360. The molecule has 1 fully saturated rings. The number of methoxy groups -OCH3 is 1. The number of benzene rings is 2. The molecule has 2 atom stereocenters. The molecule has 1 saturated heterocycles. The molecular weight excluding hydrogens is 576 g/mol. The molecule has 0 spiro atoms. The molecule has 0 saturated carbocycles. The van der Waals surface area contributed by atoms with E-state index in [0.29, 0.717) is 36.6 Å². The minimum absolute atomic E-state index is 0.0121. The minimum Gasteiger partial charge on any atom is -0.489 e. The summed E-state index contributed by atoms with van der Waals surface area (Å²) in [6.45, 7) is 9.26. The van der Waals surface area contributed by atoms with Gasteiger partial charge in [-0.1, -0.05) is 30.3 Å². The average Bonchev–Trinajstić information content (AvgIpc) is 3.32. The van der Waals surface area contributed by atoms with Gasteiger partial charge in [0.1, 0.15) is 24.0 Å². The molecule has 4 rings (SSSR count). The maximum Gasteiger partial charge on any atom is 0.306 e. The fraction of sp³-hybridized carbons (Fsp3) is 0.529. The molecule has 11 nitrogen and oxygen atoms in total. The maximum absolute atomic E-state index is 13.3. The van der Waals surface area contributed by atoms with E-state index in [9.17, 15) is 19.2 Å². The Morgan fingerprint density at radius 2 is 1.82 bits per heavy atom. The molecule has 2 aromatic carbocycles. The second-order valence-corrected chi connectivity index (χ2v) is 12.7. The Balaban J connectivity index is 1.32. The summed E-state index contributed by atoms with van der Waals surface area (Å²) in [4.78, 5) is 54.1. The lowest BCUT2D eigenvalue weighted by Crippen LogP contribution is -2.45.